The summed E-state index contributed by atoms with van der Waals surface area (Å²) >= 11 is 0. The van der Waals surface area contributed by atoms with Gasteiger partial charge in [0.15, 0.2) is 0 Å². The summed E-state index contributed by atoms with van der Waals surface area (Å²) in [5.41, 5.74) is 2.27. The number of fused-ring (bicyclic) bond motifs is 3. The van der Waals surface area contributed by atoms with E-state index in [2.05, 4.69) is 26.0 Å². The predicted octanol–water partition coefficient (Wildman–Crippen LogP) is 1.22. The minimum atomic E-state index is -1.67. The van der Waals surface area contributed by atoms with E-state index in [-0.39, 0.29) is 5.41 Å². The Bertz CT molecular complexity index is 377. The zero-order valence-corrected chi connectivity index (χ0v) is 9.73. The molecule has 0 N–H and O–H groups in total. The Balaban J connectivity index is 1.92. The monoisotopic (exact) mass is 219 g/mol. The van der Waals surface area contributed by atoms with Crippen LogP contribution in [0.2, 0.25) is 0 Å². The molecule has 3 aliphatic heterocycles. The molecule has 86 valence electrons. The van der Waals surface area contributed by atoms with E-state index >= 15 is 0 Å². The summed E-state index contributed by atoms with van der Waals surface area (Å²) in [6.45, 7) is 4.70. The molecule has 1 aromatic carbocycles. The predicted molar refractivity (Wildman–Crippen MR) is 62.5 cm³/mol. The van der Waals surface area contributed by atoms with Gasteiger partial charge in [0.05, 0.1) is 0 Å². The summed E-state index contributed by atoms with van der Waals surface area (Å²) in [7, 11) is 0. The molecular formula is C12H16BO3-. The van der Waals surface area contributed by atoms with Crippen LogP contribution in [-0.4, -0.2) is 26.6 Å². The van der Waals surface area contributed by atoms with Gasteiger partial charge in [-0.05, 0) is 6.92 Å². The normalized spacial score (nSPS) is 37.6. The summed E-state index contributed by atoms with van der Waals surface area (Å²) < 4.78 is 17.4. The molecule has 4 rings (SSSR count). The second-order valence-electron chi connectivity index (χ2n) is 5.30. The SMILES string of the molecule is Cc1ccc([B-]23OCC(C)(CO2)CO3)cc1. The van der Waals surface area contributed by atoms with E-state index in [1.165, 1.54) is 5.56 Å². The lowest BCUT2D eigenvalue weighted by molar-refractivity contribution is -0.119. The summed E-state index contributed by atoms with van der Waals surface area (Å²) in [6, 6.07) is 8.18. The Kier molecular flexibility index (Phi) is 2.15. The van der Waals surface area contributed by atoms with Gasteiger partial charge in [-0.15, -0.1) is 5.46 Å². The van der Waals surface area contributed by atoms with E-state index in [4.69, 9.17) is 14.0 Å². The fourth-order valence-electron chi connectivity index (χ4n) is 2.29. The smallest absolute Gasteiger partial charge is 0.409 e. The van der Waals surface area contributed by atoms with Gasteiger partial charge in [-0.2, -0.15) is 0 Å². The Morgan fingerprint density at radius 1 is 1.00 bits per heavy atom. The van der Waals surface area contributed by atoms with Crippen molar-refractivity contribution in [3.8, 4) is 0 Å². The average Bonchev–Trinajstić information content (AvgIpc) is 2.31. The van der Waals surface area contributed by atoms with Crippen LogP contribution in [0.5, 0.6) is 0 Å². The van der Waals surface area contributed by atoms with E-state index in [1.54, 1.807) is 0 Å². The lowest BCUT2D eigenvalue weighted by atomic mass is 9.64. The summed E-state index contributed by atoms with van der Waals surface area (Å²) in [5, 5.41) is 0. The lowest BCUT2D eigenvalue weighted by Crippen LogP contribution is -2.68. The molecular weight excluding hydrogens is 203 g/mol. The third-order valence-corrected chi connectivity index (χ3v) is 3.44. The van der Waals surface area contributed by atoms with Crippen molar-refractivity contribution in [1.29, 1.82) is 0 Å². The van der Waals surface area contributed by atoms with Crippen LogP contribution in [0, 0.1) is 12.3 Å². The average molecular weight is 219 g/mol. The third-order valence-electron chi connectivity index (χ3n) is 3.44. The summed E-state index contributed by atoms with van der Waals surface area (Å²) in [4.78, 5) is 0. The highest BCUT2D eigenvalue weighted by Crippen LogP contribution is 2.34. The van der Waals surface area contributed by atoms with Gasteiger partial charge in [-0.25, -0.2) is 0 Å². The zero-order valence-electron chi connectivity index (χ0n) is 9.73. The van der Waals surface area contributed by atoms with Crippen molar-refractivity contribution in [3.05, 3.63) is 29.8 Å². The second kappa shape index (κ2) is 3.33. The first kappa shape index (κ1) is 10.3. The molecule has 0 spiro atoms. The molecule has 16 heavy (non-hydrogen) atoms. The molecule has 0 aliphatic carbocycles. The van der Waals surface area contributed by atoms with Gasteiger partial charge in [-0.1, -0.05) is 36.8 Å². The van der Waals surface area contributed by atoms with Gasteiger partial charge in [0, 0.05) is 25.2 Å². The van der Waals surface area contributed by atoms with Crippen molar-refractivity contribution < 1.29 is 14.0 Å². The fraction of sp³-hybridized carbons (Fsp3) is 0.500. The van der Waals surface area contributed by atoms with Crippen molar-refractivity contribution >= 4 is 12.2 Å². The molecule has 0 saturated carbocycles. The molecule has 0 atom stereocenters. The molecule has 3 aliphatic rings. The van der Waals surface area contributed by atoms with Crippen LogP contribution in [0.25, 0.3) is 0 Å². The molecule has 0 aromatic heterocycles. The molecule has 2 bridgehead atoms. The van der Waals surface area contributed by atoms with Crippen LogP contribution < -0.4 is 5.46 Å². The maximum absolute atomic E-state index is 5.81. The molecule has 3 fully saturated rings. The molecule has 0 radical (unpaired) electrons. The van der Waals surface area contributed by atoms with Gasteiger partial charge in [0.25, 0.3) is 0 Å². The molecule has 4 heteroatoms. The van der Waals surface area contributed by atoms with Crippen LogP contribution >= 0.6 is 0 Å². The molecule has 0 unspecified atom stereocenters. The van der Waals surface area contributed by atoms with E-state index in [1.807, 2.05) is 12.1 Å². The van der Waals surface area contributed by atoms with Crippen LogP contribution in [0.3, 0.4) is 0 Å². The largest absolute Gasteiger partial charge is 0.540 e. The first-order valence-electron chi connectivity index (χ1n) is 5.74. The third kappa shape index (κ3) is 1.49. The molecule has 1 aromatic rings. The van der Waals surface area contributed by atoms with Crippen molar-refractivity contribution in [1.82, 2.24) is 0 Å². The van der Waals surface area contributed by atoms with Crippen molar-refractivity contribution in [3.63, 3.8) is 0 Å². The lowest BCUT2D eigenvalue weighted by Gasteiger charge is -2.58. The number of hydrogen-bond acceptors (Lipinski definition) is 3. The summed E-state index contributed by atoms with van der Waals surface area (Å²) in [5.74, 6) is 0. The van der Waals surface area contributed by atoms with Gasteiger partial charge >= 0.3 is 6.75 Å². The van der Waals surface area contributed by atoms with E-state index in [0.29, 0.717) is 0 Å². The highest BCUT2D eigenvalue weighted by molar-refractivity contribution is 6.75. The second-order valence-corrected chi connectivity index (χ2v) is 5.30. The highest BCUT2D eigenvalue weighted by Gasteiger charge is 2.46. The number of benzene rings is 1. The number of aryl methyl sites for hydroxylation is 1. The topological polar surface area (TPSA) is 27.7 Å². The fourth-order valence-corrected chi connectivity index (χ4v) is 2.29. The standard InChI is InChI=1S/C12H16BO3/c1-10-3-5-11(6-4-10)13-14-7-12(2,8-15-13)9-16-13/h3-6H,7-9H2,1-2H3/q-1. The van der Waals surface area contributed by atoms with E-state index in [0.717, 1.165) is 25.3 Å². The van der Waals surface area contributed by atoms with Crippen molar-refractivity contribution in [2.24, 2.45) is 5.41 Å². The van der Waals surface area contributed by atoms with E-state index < -0.39 is 6.75 Å². The number of rotatable bonds is 1. The van der Waals surface area contributed by atoms with Crippen molar-refractivity contribution in [2.45, 2.75) is 13.8 Å². The van der Waals surface area contributed by atoms with Crippen LogP contribution in [0.1, 0.15) is 12.5 Å². The van der Waals surface area contributed by atoms with Gasteiger partial charge < -0.3 is 14.0 Å². The maximum atomic E-state index is 5.81. The quantitative estimate of drug-likeness (QED) is 0.664. The van der Waals surface area contributed by atoms with Gasteiger partial charge in [-0.3, -0.25) is 0 Å². The zero-order chi connectivity index (χ0) is 11.2. The molecule has 3 saturated heterocycles. The van der Waals surface area contributed by atoms with Crippen LogP contribution in [0.4, 0.5) is 0 Å². The van der Waals surface area contributed by atoms with Crippen LogP contribution in [0.15, 0.2) is 24.3 Å². The Hall–Kier alpha value is -0.835. The Morgan fingerprint density at radius 3 is 2.00 bits per heavy atom. The minimum absolute atomic E-state index is 0.0359. The summed E-state index contributed by atoms with van der Waals surface area (Å²) in [6.07, 6.45) is 0. The Labute approximate surface area is 95.7 Å². The first-order valence-corrected chi connectivity index (χ1v) is 5.74. The maximum Gasteiger partial charge on any atom is 0.409 e. The van der Waals surface area contributed by atoms with Crippen LogP contribution in [-0.2, 0) is 14.0 Å². The first-order chi connectivity index (χ1) is 7.62. The molecule has 3 heterocycles. The molecule has 0 amide bonds. The number of hydrogen-bond donors (Lipinski definition) is 0. The highest BCUT2D eigenvalue weighted by atomic mass is 16.8. The van der Waals surface area contributed by atoms with Crippen molar-refractivity contribution in [2.75, 3.05) is 19.8 Å². The Morgan fingerprint density at radius 2 is 1.50 bits per heavy atom. The molecule has 3 nitrogen and oxygen atoms in total. The van der Waals surface area contributed by atoms with Gasteiger partial charge in [0.2, 0.25) is 0 Å². The minimum Gasteiger partial charge on any atom is -0.540 e. The van der Waals surface area contributed by atoms with Gasteiger partial charge in [0.1, 0.15) is 0 Å². The van der Waals surface area contributed by atoms with E-state index in [9.17, 15) is 0 Å².